The largest absolute Gasteiger partial charge is 0.308 e. The second-order valence-corrected chi connectivity index (χ2v) is 7.03. The molecule has 0 saturated heterocycles. The van der Waals surface area contributed by atoms with Gasteiger partial charge in [-0.3, -0.25) is 4.79 Å². The number of anilines is 1. The van der Waals surface area contributed by atoms with E-state index in [9.17, 15) is 17.6 Å². The van der Waals surface area contributed by atoms with Gasteiger partial charge in [-0.2, -0.15) is 0 Å². The second-order valence-electron chi connectivity index (χ2n) is 5.46. The summed E-state index contributed by atoms with van der Waals surface area (Å²) < 4.78 is 36.1. The average molecular weight is 346 g/mol. The number of rotatable bonds is 3. The van der Waals surface area contributed by atoms with E-state index in [2.05, 4.69) is 0 Å². The van der Waals surface area contributed by atoms with E-state index >= 15 is 0 Å². The third-order valence-electron chi connectivity index (χ3n) is 3.81. The standard InChI is InChI=1S/C17H15FN2O3S/c18-14-3-1-2-12(10-14)4-7-17(21)20-9-8-13-5-6-15(11-16(13)20)24(19,22)23/h1-7,10-11H,8-9H2,(H2,19,22,23). The Balaban J connectivity index is 1.86. The van der Waals surface area contributed by atoms with Crippen LogP contribution in [0.5, 0.6) is 0 Å². The van der Waals surface area contributed by atoms with Gasteiger partial charge in [0.2, 0.25) is 10.0 Å². The number of carbonyl (C=O) groups is 1. The van der Waals surface area contributed by atoms with Crippen LogP contribution in [0, 0.1) is 5.82 Å². The summed E-state index contributed by atoms with van der Waals surface area (Å²) in [5, 5.41) is 5.14. The maximum Gasteiger partial charge on any atom is 0.251 e. The molecule has 3 rings (SSSR count). The minimum absolute atomic E-state index is 0.0324. The average Bonchev–Trinajstić information content (AvgIpc) is 2.95. The van der Waals surface area contributed by atoms with E-state index < -0.39 is 10.0 Å². The quantitative estimate of drug-likeness (QED) is 0.864. The van der Waals surface area contributed by atoms with Crippen molar-refractivity contribution >= 4 is 27.7 Å². The summed E-state index contributed by atoms with van der Waals surface area (Å²) in [6.45, 7) is 0.454. The first-order valence-corrected chi connectivity index (χ1v) is 8.80. The van der Waals surface area contributed by atoms with Gasteiger partial charge < -0.3 is 4.90 Å². The van der Waals surface area contributed by atoms with Gasteiger partial charge in [-0.1, -0.05) is 18.2 Å². The lowest BCUT2D eigenvalue weighted by molar-refractivity contribution is -0.114. The topological polar surface area (TPSA) is 80.5 Å². The van der Waals surface area contributed by atoms with Gasteiger partial charge in [-0.25, -0.2) is 17.9 Å². The lowest BCUT2D eigenvalue weighted by Crippen LogP contribution is -2.27. The number of amides is 1. The first-order valence-electron chi connectivity index (χ1n) is 7.25. The van der Waals surface area contributed by atoms with Crippen molar-refractivity contribution in [3.05, 3.63) is 65.5 Å². The van der Waals surface area contributed by atoms with Crippen molar-refractivity contribution in [3.63, 3.8) is 0 Å². The van der Waals surface area contributed by atoms with Crippen molar-refractivity contribution in [2.24, 2.45) is 5.14 Å². The molecule has 0 aromatic heterocycles. The third kappa shape index (κ3) is 3.37. The lowest BCUT2D eigenvalue weighted by Gasteiger charge is -2.15. The molecule has 24 heavy (non-hydrogen) atoms. The van der Waals surface area contributed by atoms with Crippen LogP contribution >= 0.6 is 0 Å². The molecule has 1 heterocycles. The van der Waals surface area contributed by atoms with E-state index in [-0.39, 0.29) is 16.6 Å². The highest BCUT2D eigenvalue weighted by atomic mass is 32.2. The molecule has 0 bridgehead atoms. The van der Waals surface area contributed by atoms with Gasteiger partial charge in [0, 0.05) is 18.3 Å². The van der Waals surface area contributed by atoms with Crippen LogP contribution in [0.1, 0.15) is 11.1 Å². The summed E-state index contributed by atoms with van der Waals surface area (Å²) in [6, 6.07) is 10.4. The fraction of sp³-hybridized carbons (Fsp3) is 0.118. The van der Waals surface area contributed by atoms with Crippen LogP contribution in [0.3, 0.4) is 0 Å². The fourth-order valence-corrected chi connectivity index (χ4v) is 3.17. The van der Waals surface area contributed by atoms with Crippen LogP contribution in [0.25, 0.3) is 6.08 Å². The molecule has 7 heteroatoms. The zero-order valence-electron chi connectivity index (χ0n) is 12.6. The summed E-state index contributed by atoms with van der Waals surface area (Å²) in [6.07, 6.45) is 3.50. The highest BCUT2D eigenvalue weighted by Crippen LogP contribution is 2.30. The molecule has 2 aromatic carbocycles. The van der Waals surface area contributed by atoms with Crippen LogP contribution in [-0.2, 0) is 21.2 Å². The predicted octanol–water partition coefficient (Wildman–Crippen LogP) is 2.08. The van der Waals surface area contributed by atoms with Crippen molar-refractivity contribution < 1.29 is 17.6 Å². The van der Waals surface area contributed by atoms with Gasteiger partial charge in [0.15, 0.2) is 0 Å². The molecule has 1 aliphatic heterocycles. The molecule has 2 N–H and O–H groups in total. The predicted molar refractivity (Wildman–Crippen MR) is 89.3 cm³/mol. The molecule has 124 valence electrons. The highest BCUT2D eigenvalue weighted by Gasteiger charge is 2.25. The van der Waals surface area contributed by atoms with E-state index in [1.807, 2.05) is 0 Å². The zero-order chi connectivity index (χ0) is 17.3. The Bertz CT molecular complexity index is 939. The van der Waals surface area contributed by atoms with Crippen LogP contribution < -0.4 is 10.0 Å². The minimum Gasteiger partial charge on any atom is -0.308 e. The normalized spacial score (nSPS) is 14.2. The van der Waals surface area contributed by atoms with Gasteiger partial charge in [0.1, 0.15) is 5.82 Å². The van der Waals surface area contributed by atoms with E-state index in [0.717, 1.165) is 5.56 Å². The number of nitrogens with zero attached hydrogens (tertiary/aromatic N) is 1. The molecular weight excluding hydrogens is 331 g/mol. The van der Waals surface area contributed by atoms with E-state index in [4.69, 9.17) is 5.14 Å². The molecule has 0 unspecified atom stereocenters. The lowest BCUT2D eigenvalue weighted by atomic mass is 10.2. The number of benzene rings is 2. The minimum atomic E-state index is -3.83. The number of halogens is 1. The number of carbonyl (C=O) groups excluding carboxylic acids is 1. The number of nitrogens with two attached hydrogens (primary N) is 1. The van der Waals surface area contributed by atoms with Crippen molar-refractivity contribution in [1.29, 1.82) is 0 Å². The summed E-state index contributed by atoms with van der Waals surface area (Å²) in [7, 11) is -3.83. The first-order chi connectivity index (χ1) is 11.3. The molecule has 0 saturated carbocycles. The molecule has 0 fully saturated rings. The van der Waals surface area contributed by atoms with Gasteiger partial charge in [0.25, 0.3) is 5.91 Å². The monoisotopic (exact) mass is 346 g/mol. The van der Waals surface area contributed by atoms with Crippen molar-refractivity contribution in [2.45, 2.75) is 11.3 Å². The Labute approximate surface area is 139 Å². The third-order valence-corrected chi connectivity index (χ3v) is 4.72. The molecular formula is C17H15FN2O3S. The maximum atomic E-state index is 13.1. The van der Waals surface area contributed by atoms with E-state index in [0.29, 0.717) is 24.2 Å². The number of fused-ring (bicyclic) bond motifs is 1. The summed E-state index contributed by atoms with van der Waals surface area (Å²) in [4.78, 5) is 13.8. The van der Waals surface area contributed by atoms with Crippen molar-refractivity contribution in [1.82, 2.24) is 0 Å². The summed E-state index contributed by atoms with van der Waals surface area (Å²) in [5.41, 5.74) is 1.99. The zero-order valence-corrected chi connectivity index (χ0v) is 13.5. The SMILES string of the molecule is NS(=O)(=O)c1ccc2c(c1)N(C(=O)C=Cc1cccc(F)c1)CC2. The van der Waals surface area contributed by atoms with E-state index in [1.165, 1.54) is 41.3 Å². The molecule has 0 radical (unpaired) electrons. The first kappa shape index (κ1) is 16.4. The Morgan fingerprint density at radius 1 is 1.21 bits per heavy atom. The summed E-state index contributed by atoms with van der Waals surface area (Å²) >= 11 is 0. The van der Waals surface area contributed by atoms with Gasteiger partial charge in [0.05, 0.1) is 4.90 Å². The Kier molecular flexibility index (Phi) is 4.21. The smallest absolute Gasteiger partial charge is 0.251 e. The molecule has 1 aliphatic rings. The molecule has 5 nitrogen and oxygen atoms in total. The van der Waals surface area contributed by atoms with Crippen LogP contribution in [-0.4, -0.2) is 20.9 Å². The molecule has 0 atom stereocenters. The Hall–Kier alpha value is -2.51. The number of primary sulfonamides is 1. The van der Waals surface area contributed by atoms with Gasteiger partial charge >= 0.3 is 0 Å². The van der Waals surface area contributed by atoms with Crippen LogP contribution in [0.4, 0.5) is 10.1 Å². The Morgan fingerprint density at radius 3 is 2.71 bits per heavy atom. The molecule has 2 aromatic rings. The van der Waals surface area contributed by atoms with Crippen molar-refractivity contribution in [2.75, 3.05) is 11.4 Å². The number of hydrogen-bond acceptors (Lipinski definition) is 3. The fourth-order valence-electron chi connectivity index (χ4n) is 2.63. The molecule has 1 amide bonds. The molecule has 0 aliphatic carbocycles. The van der Waals surface area contributed by atoms with E-state index in [1.54, 1.807) is 18.2 Å². The molecule has 0 spiro atoms. The number of sulfonamides is 1. The van der Waals surface area contributed by atoms with Crippen LogP contribution in [0.15, 0.2) is 53.4 Å². The highest BCUT2D eigenvalue weighted by molar-refractivity contribution is 7.89. The second kappa shape index (κ2) is 6.18. The summed E-state index contributed by atoms with van der Waals surface area (Å²) in [5.74, 6) is -0.682. The Morgan fingerprint density at radius 2 is 2.00 bits per heavy atom. The van der Waals surface area contributed by atoms with Crippen molar-refractivity contribution in [3.8, 4) is 0 Å². The van der Waals surface area contributed by atoms with Gasteiger partial charge in [-0.05, 0) is 47.9 Å². The maximum absolute atomic E-state index is 13.1. The van der Waals surface area contributed by atoms with Gasteiger partial charge in [-0.15, -0.1) is 0 Å². The van der Waals surface area contributed by atoms with Crippen LogP contribution in [0.2, 0.25) is 0 Å². The number of hydrogen-bond donors (Lipinski definition) is 1.